The Morgan fingerprint density at radius 1 is 0.744 bits per heavy atom. The summed E-state index contributed by atoms with van der Waals surface area (Å²) in [5.41, 5.74) is 0.0164. The van der Waals surface area contributed by atoms with Crippen LogP contribution in [0.5, 0.6) is 11.5 Å². The molecule has 3 aromatic heterocycles. The number of halogens is 5. The molecule has 5 aromatic rings. The molecule has 39 heavy (non-hydrogen) atoms. The van der Waals surface area contributed by atoms with Crippen LogP contribution in [0.15, 0.2) is 91.1 Å². The number of pyridine rings is 2. The number of hydrogen-bond donors (Lipinski definition) is 0. The van der Waals surface area contributed by atoms with E-state index in [1.54, 1.807) is 42.6 Å². The summed E-state index contributed by atoms with van der Waals surface area (Å²) >= 11 is 0. The molecule has 0 fully saturated rings. The second-order valence-electron chi connectivity index (χ2n) is 9.28. The second-order valence-corrected chi connectivity index (χ2v) is 9.28. The van der Waals surface area contributed by atoms with E-state index in [1.807, 2.05) is 19.9 Å². The Labute approximate surface area is 220 Å². The minimum atomic E-state index is -4.44. The molecule has 0 radical (unpaired) electrons. The van der Waals surface area contributed by atoms with Crippen molar-refractivity contribution in [3.8, 4) is 28.4 Å². The Kier molecular flexibility index (Phi) is 6.63. The van der Waals surface area contributed by atoms with Crippen LogP contribution in [0, 0.1) is 11.9 Å². The maximum Gasteiger partial charge on any atom is 0.416 e. The summed E-state index contributed by atoms with van der Waals surface area (Å²) in [5, 5.41) is 4.58. The molecule has 0 aliphatic carbocycles. The third-order valence-corrected chi connectivity index (χ3v) is 6.20. The number of alkyl halides is 3. The monoisotopic (exact) mass is 536 g/mol. The molecule has 0 aliphatic rings. The molecule has 3 heterocycles. The molecule has 0 saturated carbocycles. The van der Waals surface area contributed by atoms with Crippen LogP contribution in [0.3, 0.4) is 0 Å². The van der Waals surface area contributed by atoms with Crippen LogP contribution in [-0.4, -0.2) is 19.7 Å². The number of rotatable bonds is 6. The van der Waals surface area contributed by atoms with Crippen molar-refractivity contribution in [1.29, 1.82) is 0 Å². The van der Waals surface area contributed by atoms with Crippen LogP contribution in [0.1, 0.15) is 30.8 Å². The average molecular weight is 537 g/mol. The molecular formula is C29H21F5N4O. The summed E-state index contributed by atoms with van der Waals surface area (Å²) in [6.07, 6.45) is -2.81. The van der Waals surface area contributed by atoms with E-state index in [-0.39, 0.29) is 11.3 Å². The van der Waals surface area contributed by atoms with E-state index in [4.69, 9.17) is 4.74 Å². The van der Waals surface area contributed by atoms with Crippen molar-refractivity contribution in [2.75, 3.05) is 0 Å². The SMILES string of the molecule is CC(C)(c1cc(Oc2ccccc2)cc(-c2ccc(F)nc2F)n1)c1ccn(-c2ccc(C(F)(F)F)cc2)n1. The van der Waals surface area contributed by atoms with Crippen LogP contribution in [-0.2, 0) is 11.6 Å². The highest BCUT2D eigenvalue weighted by molar-refractivity contribution is 5.61. The highest BCUT2D eigenvalue weighted by atomic mass is 19.4. The zero-order chi connectivity index (χ0) is 27.8. The number of benzene rings is 2. The van der Waals surface area contributed by atoms with Crippen LogP contribution in [0.25, 0.3) is 16.9 Å². The van der Waals surface area contributed by atoms with Crippen LogP contribution >= 0.6 is 0 Å². The number of nitrogens with zero attached hydrogens (tertiary/aromatic N) is 4. The standard InChI is InChI=1S/C29H21F5N4O/c1-28(2,24-14-15-38(37-24)19-10-8-18(9-11-19)29(32,33)34)25-17-21(39-20-6-4-3-5-7-20)16-23(35-25)22-12-13-26(30)36-27(22)31/h3-17H,1-2H3. The van der Waals surface area contributed by atoms with Crippen LogP contribution < -0.4 is 4.74 Å². The van der Waals surface area contributed by atoms with Gasteiger partial charge in [-0.05, 0) is 68.4 Å². The summed E-state index contributed by atoms with van der Waals surface area (Å²) in [6, 6.07) is 20.9. The van der Waals surface area contributed by atoms with Crippen molar-refractivity contribution < 1.29 is 26.7 Å². The predicted molar refractivity (Wildman–Crippen MR) is 135 cm³/mol. The Balaban J connectivity index is 1.55. The van der Waals surface area contributed by atoms with Gasteiger partial charge in [0, 0.05) is 18.3 Å². The molecule has 198 valence electrons. The molecule has 0 bridgehead atoms. The van der Waals surface area contributed by atoms with E-state index in [2.05, 4.69) is 15.1 Å². The number of ether oxygens (including phenoxy) is 1. The normalized spacial score (nSPS) is 12.0. The van der Waals surface area contributed by atoms with Crippen molar-refractivity contribution in [2.24, 2.45) is 0 Å². The van der Waals surface area contributed by atoms with Gasteiger partial charge in [0.15, 0.2) is 0 Å². The summed E-state index contributed by atoms with van der Waals surface area (Å²) in [6.45, 7) is 3.70. The molecule has 0 atom stereocenters. The lowest BCUT2D eigenvalue weighted by atomic mass is 9.85. The lowest BCUT2D eigenvalue weighted by Gasteiger charge is -2.23. The van der Waals surface area contributed by atoms with Crippen LogP contribution in [0.2, 0.25) is 0 Å². The van der Waals surface area contributed by atoms with Gasteiger partial charge in [-0.3, -0.25) is 4.98 Å². The Morgan fingerprint density at radius 2 is 1.46 bits per heavy atom. The van der Waals surface area contributed by atoms with E-state index in [9.17, 15) is 22.0 Å². The van der Waals surface area contributed by atoms with Gasteiger partial charge in [-0.15, -0.1) is 0 Å². The van der Waals surface area contributed by atoms with Crippen molar-refractivity contribution in [3.63, 3.8) is 0 Å². The average Bonchev–Trinajstić information content (AvgIpc) is 3.40. The highest BCUT2D eigenvalue weighted by Crippen LogP contribution is 2.36. The first-order chi connectivity index (χ1) is 18.5. The van der Waals surface area contributed by atoms with Crippen molar-refractivity contribution in [2.45, 2.75) is 25.4 Å². The number of hydrogen-bond acceptors (Lipinski definition) is 4. The summed E-state index contributed by atoms with van der Waals surface area (Å²) in [4.78, 5) is 7.92. The van der Waals surface area contributed by atoms with Gasteiger partial charge in [-0.1, -0.05) is 18.2 Å². The molecule has 10 heteroatoms. The predicted octanol–water partition coefficient (Wildman–Crippen LogP) is 7.74. The first-order valence-electron chi connectivity index (χ1n) is 11.8. The van der Waals surface area contributed by atoms with Crippen molar-refractivity contribution >= 4 is 0 Å². The van der Waals surface area contributed by atoms with E-state index >= 15 is 0 Å². The minimum Gasteiger partial charge on any atom is -0.457 e. The molecule has 5 nitrogen and oxygen atoms in total. The third-order valence-electron chi connectivity index (χ3n) is 6.20. The largest absolute Gasteiger partial charge is 0.457 e. The summed E-state index contributed by atoms with van der Waals surface area (Å²) < 4.78 is 74.4. The van der Waals surface area contributed by atoms with Gasteiger partial charge in [-0.2, -0.15) is 32.0 Å². The molecule has 0 aliphatic heterocycles. The third kappa shape index (κ3) is 5.50. The van der Waals surface area contributed by atoms with E-state index in [0.29, 0.717) is 28.6 Å². The van der Waals surface area contributed by atoms with Gasteiger partial charge >= 0.3 is 6.18 Å². The number of para-hydroxylation sites is 1. The van der Waals surface area contributed by atoms with Gasteiger partial charge in [0.1, 0.15) is 11.5 Å². The zero-order valence-electron chi connectivity index (χ0n) is 20.7. The summed E-state index contributed by atoms with van der Waals surface area (Å²) in [7, 11) is 0. The topological polar surface area (TPSA) is 52.8 Å². The lowest BCUT2D eigenvalue weighted by molar-refractivity contribution is -0.137. The van der Waals surface area contributed by atoms with Crippen molar-refractivity contribution in [3.05, 3.63) is 120 Å². The van der Waals surface area contributed by atoms with Gasteiger partial charge in [0.25, 0.3) is 0 Å². The fourth-order valence-corrected chi connectivity index (χ4v) is 3.99. The van der Waals surface area contributed by atoms with Gasteiger partial charge in [-0.25, -0.2) is 4.68 Å². The fraction of sp³-hybridized carbons (Fsp3) is 0.138. The molecule has 5 rings (SSSR count). The van der Waals surface area contributed by atoms with Gasteiger partial charge < -0.3 is 4.74 Å². The highest BCUT2D eigenvalue weighted by Gasteiger charge is 2.31. The molecule has 0 spiro atoms. The van der Waals surface area contributed by atoms with Gasteiger partial charge in [0.2, 0.25) is 11.9 Å². The number of aromatic nitrogens is 4. The Hall–Kier alpha value is -4.60. The van der Waals surface area contributed by atoms with E-state index in [1.165, 1.54) is 28.9 Å². The molecule has 2 aromatic carbocycles. The lowest BCUT2D eigenvalue weighted by Crippen LogP contribution is -2.22. The first-order valence-corrected chi connectivity index (χ1v) is 11.8. The smallest absolute Gasteiger partial charge is 0.416 e. The molecular weight excluding hydrogens is 515 g/mol. The molecule has 0 saturated heterocycles. The first kappa shape index (κ1) is 26.0. The molecule has 0 N–H and O–H groups in total. The summed E-state index contributed by atoms with van der Waals surface area (Å²) in [5.74, 6) is -1.07. The second kappa shape index (κ2) is 9.94. The Bertz CT molecular complexity index is 1610. The van der Waals surface area contributed by atoms with Gasteiger partial charge in [0.05, 0.1) is 39.3 Å². The van der Waals surface area contributed by atoms with E-state index < -0.39 is 29.1 Å². The maximum atomic E-state index is 14.6. The van der Waals surface area contributed by atoms with E-state index in [0.717, 1.165) is 18.2 Å². The fourth-order valence-electron chi connectivity index (χ4n) is 3.99. The minimum absolute atomic E-state index is 0.0118. The van der Waals surface area contributed by atoms with Crippen LogP contribution in [0.4, 0.5) is 22.0 Å². The molecule has 0 unspecified atom stereocenters. The quantitative estimate of drug-likeness (QED) is 0.165. The maximum absolute atomic E-state index is 14.6. The van der Waals surface area contributed by atoms with Crippen molar-refractivity contribution in [1.82, 2.24) is 19.7 Å². The Morgan fingerprint density at radius 3 is 2.13 bits per heavy atom. The molecule has 0 amide bonds. The zero-order valence-corrected chi connectivity index (χ0v) is 20.7.